The normalized spacial score (nSPS) is 11.9. The number of nitrogens with one attached hydrogen (secondary N) is 1. The summed E-state index contributed by atoms with van der Waals surface area (Å²) < 4.78 is 37.9. The molecule has 0 aliphatic rings. The third-order valence-corrected chi connectivity index (χ3v) is 2.24. The minimum Gasteiger partial charge on any atom is -0.478 e. The number of alkyl halides is 3. The van der Waals surface area contributed by atoms with E-state index in [-0.39, 0.29) is 16.5 Å². The van der Waals surface area contributed by atoms with E-state index in [1.54, 1.807) is 0 Å². The number of fused-ring (bicyclic) bond motifs is 1. The summed E-state index contributed by atoms with van der Waals surface area (Å²) in [6.45, 7) is 0. The number of carboxylic acids is 1. The highest BCUT2D eigenvalue weighted by Gasteiger charge is 2.34. The second-order valence-electron chi connectivity index (χ2n) is 3.23. The fourth-order valence-corrected chi connectivity index (χ4v) is 1.59. The summed E-state index contributed by atoms with van der Waals surface area (Å²) in [4.78, 5) is 13.3. The second kappa shape index (κ2) is 3.26. The number of carboxylic acid groups (broad SMARTS) is 1. The first-order valence-electron chi connectivity index (χ1n) is 4.32. The first-order valence-corrected chi connectivity index (χ1v) is 4.32. The molecule has 6 heteroatoms. The molecule has 0 aliphatic heterocycles. The van der Waals surface area contributed by atoms with E-state index in [9.17, 15) is 18.0 Å². The molecule has 0 radical (unpaired) electrons. The highest BCUT2D eigenvalue weighted by molar-refractivity contribution is 6.04. The average Bonchev–Trinajstić information content (AvgIpc) is 2.58. The molecule has 0 fully saturated rings. The topological polar surface area (TPSA) is 53.1 Å². The molecule has 0 bridgehead atoms. The van der Waals surface area contributed by atoms with Crippen molar-refractivity contribution < 1.29 is 23.1 Å². The summed E-state index contributed by atoms with van der Waals surface area (Å²) in [5.41, 5.74) is -1.15. The number of benzene rings is 1. The van der Waals surface area contributed by atoms with Crippen LogP contribution in [0.1, 0.15) is 15.9 Å². The highest BCUT2D eigenvalue weighted by Crippen LogP contribution is 2.36. The van der Waals surface area contributed by atoms with Gasteiger partial charge in [-0.1, -0.05) is 6.07 Å². The number of H-pyrrole nitrogens is 1. The smallest absolute Gasteiger partial charge is 0.417 e. The van der Waals surface area contributed by atoms with Crippen molar-refractivity contribution >= 4 is 16.9 Å². The molecular weight excluding hydrogens is 223 g/mol. The van der Waals surface area contributed by atoms with Crippen LogP contribution >= 0.6 is 0 Å². The van der Waals surface area contributed by atoms with Gasteiger partial charge in [0.1, 0.15) is 0 Å². The third-order valence-electron chi connectivity index (χ3n) is 2.24. The minimum absolute atomic E-state index is 0.159. The first-order chi connectivity index (χ1) is 7.41. The van der Waals surface area contributed by atoms with Crippen LogP contribution in [0.4, 0.5) is 13.2 Å². The minimum atomic E-state index is -4.56. The quantitative estimate of drug-likeness (QED) is 0.789. The molecule has 84 valence electrons. The van der Waals surface area contributed by atoms with Crippen LogP contribution in [-0.2, 0) is 6.18 Å². The number of aromatic amines is 1. The maximum absolute atomic E-state index is 12.6. The van der Waals surface area contributed by atoms with E-state index in [4.69, 9.17) is 5.11 Å². The average molecular weight is 229 g/mol. The lowest BCUT2D eigenvalue weighted by atomic mass is 10.1. The maximum atomic E-state index is 12.6. The molecule has 1 heterocycles. The van der Waals surface area contributed by atoms with Crippen LogP contribution in [0, 0.1) is 0 Å². The summed E-state index contributed by atoms with van der Waals surface area (Å²) in [5.74, 6) is -1.39. The zero-order valence-electron chi connectivity index (χ0n) is 7.80. The number of hydrogen-bond acceptors (Lipinski definition) is 1. The van der Waals surface area contributed by atoms with E-state index in [0.29, 0.717) is 0 Å². The zero-order chi connectivity index (χ0) is 11.9. The standard InChI is InChI=1S/C10H6F3NO2/c11-10(12,13)6-2-1-3-7-8(6)5(4-14-7)9(15)16/h1-4,14H,(H,15,16). The Morgan fingerprint density at radius 1 is 1.31 bits per heavy atom. The lowest BCUT2D eigenvalue weighted by molar-refractivity contribution is -0.136. The van der Waals surface area contributed by atoms with Crippen molar-refractivity contribution in [3.63, 3.8) is 0 Å². The summed E-state index contributed by atoms with van der Waals surface area (Å²) in [6, 6.07) is 3.49. The summed E-state index contributed by atoms with van der Waals surface area (Å²) >= 11 is 0. The Labute approximate surface area is 87.5 Å². The molecule has 2 N–H and O–H groups in total. The van der Waals surface area contributed by atoms with Gasteiger partial charge in [0.15, 0.2) is 0 Å². The van der Waals surface area contributed by atoms with E-state index in [2.05, 4.69) is 4.98 Å². The molecule has 0 unspecified atom stereocenters. The van der Waals surface area contributed by atoms with Crippen molar-refractivity contribution in [1.29, 1.82) is 0 Å². The molecule has 0 saturated carbocycles. The van der Waals surface area contributed by atoms with E-state index < -0.39 is 17.7 Å². The summed E-state index contributed by atoms with van der Waals surface area (Å²) in [5, 5.41) is 8.47. The van der Waals surface area contributed by atoms with E-state index in [1.165, 1.54) is 12.1 Å². The Balaban J connectivity index is 2.84. The van der Waals surface area contributed by atoms with Crippen LogP contribution in [0.15, 0.2) is 24.4 Å². The monoisotopic (exact) mass is 229 g/mol. The molecule has 16 heavy (non-hydrogen) atoms. The largest absolute Gasteiger partial charge is 0.478 e. The fraction of sp³-hybridized carbons (Fsp3) is 0.100. The third kappa shape index (κ3) is 1.52. The zero-order valence-corrected chi connectivity index (χ0v) is 7.80. The molecule has 0 amide bonds. The van der Waals surface area contributed by atoms with Gasteiger partial charge in [-0.2, -0.15) is 13.2 Å². The fourth-order valence-electron chi connectivity index (χ4n) is 1.59. The van der Waals surface area contributed by atoms with Gasteiger partial charge < -0.3 is 10.1 Å². The van der Waals surface area contributed by atoms with Crippen molar-refractivity contribution in [2.75, 3.05) is 0 Å². The lowest BCUT2D eigenvalue weighted by Crippen LogP contribution is -2.07. The number of aromatic carboxylic acids is 1. The van der Waals surface area contributed by atoms with Gasteiger partial charge in [0.2, 0.25) is 0 Å². The van der Waals surface area contributed by atoms with Crippen molar-refractivity contribution in [3.8, 4) is 0 Å². The van der Waals surface area contributed by atoms with Gasteiger partial charge in [-0.25, -0.2) is 4.79 Å². The first kappa shape index (κ1) is 10.5. The maximum Gasteiger partial charge on any atom is 0.417 e. The van der Waals surface area contributed by atoms with Crippen LogP contribution in [-0.4, -0.2) is 16.1 Å². The Hall–Kier alpha value is -1.98. The predicted molar refractivity (Wildman–Crippen MR) is 50.3 cm³/mol. The van der Waals surface area contributed by atoms with E-state index in [0.717, 1.165) is 12.3 Å². The Morgan fingerprint density at radius 3 is 2.56 bits per heavy atom. The van der Waals surface area contributed by atoms with Gasteiger partial charge in [-0.3, -0.25) is 0 Å². The SMILES string of the molecule is O=C(O)c1c[nH]c2cccc(C(F)(F)F)c12. The van der Waals surface area contributed by atoms with Gasteiger partial charge in [0, 0.05) is 17.1 Å². The number of carbonyl (C=O) groups is 1. The number of halogens is 3. The molecule has 3 nitrogen and oxygen atoms in total. The molecule has 0 spiro atoms. The molecule has 0 atom stereocenters. The van der Waals surface area contributed by atoms with Crippen molar-refractivity contribution in [1.82, 2.24) is 4.98 Å². The number of aromatic nitrogens is 1. The summed E-state index contributed by atoms with van der Waals surface area (Å²) in [7, 11) is 0. The van der Waals surface area contributed by atoms with Gasteiger partial charge in [0.25, 0.3) is 0 Å². The lowest BCUT2D eigenvalue weighted by Gasteiger charge is -2.08. The molecule has 0 saturated heterocycles. The van der Waals surface area contributed by atoms with Crippen LogP contribution in [0.3, 0.4) is 0 Å². The second-order valence-corrected chi connectivity index (χ2v) is 3.23. The van der Waals surface area contributed by atoms with E-state index >= 15 is 0 Å². The molecule has 1 aromatic carbocycles. The summed E-state index contributed by atoms with van der Waals surface area (Å²) in [6.07, 6.45) is -3.51. The highest BCUT2D eigenvalue weighted by atomic mass is 19.4. The van der Waals surface area contributed by atoms with Crippen molar-refractivity contribution in [3.05, 3.63) is 35.5 Å². The molecular formula is C10H6F3NO2. The molecule has 2 rings (SSSR count). The predicted octanol–water partition coefficient (Wildman–Crippen LogP) is 2.88. The van der Waals surface area contributed by atoms with Crippen molar-refractivity contribution in [2.24, 2.45) is 0 Å². The van der Waals surface area contributed by atoms with Gasteiger partial charge in [0.05, 0.1) is 11.1 Å². The number of rotatable bonds is 1. The van der Waals surface area contributed by atoms with Gasteiger partial charge >= 0.3 is 12.1 Å². The van der Waals surface area contributed by atoms with Gasteiger partial charge in [-0.15, -0.1) is 0 Å². The van der Waals surface area contributed by atoms with Crippen molar-refractivity contribution in [2.45, 2.75) is 6.18 Å². The van der Waals surface area contributed by atoms with Crippen LogP contribution in [0.2, 0.25) is 0 Å². The van der Waals surface area contributed by atoms with Crippen LogP contribution in [0.5, 0.6) is 0 Å². The molecule has 2 aromatic rings. The Kier molecular flexibility index (Phi) is 2.15. The van der Waals surface area contributed by atoms with Crippen LogP contribution in [0.25, 0.3) is 10.9 Å². The molecule has 1 aromatic heterocycles. The molecule has 0 aliphatic carbocycles. The Bertz CT molecular complexity index is 557. The number of hydrogen-bond donors (Lipinski definition) is 2. The Morgan fingerprint density at radius 2 is 2.00 bits per heavy atom. The van der Waals surface area contributed by atoms with Crippen LogP contribution < -0.4 is 0 Å². The van der Waals surface area contributed by atoms with Gasteiger partial charge in [-0.05, 0) is 12.1 Å². The van der Waals surface area contributed by atoms with E-state index in [1.807, 2.05) is 0 Å².